The molecule has 1 N–H and O–H groups in total. The van der Waals surface area contributed by atoms with E-state index in [9.17, 15) is 4.79 Å². The molecule has 1 fully saturated rings. The van der Waals surface area contributed by atoms with Crippen LogP contribution in [0.1, 0.15) is 61.4 Å². The molecular formula is C25H32N2O2. The minimum atomic E-state index is 0.00466. The number of ether oxygens (including phenoxy) is 1. The Labute approximate surface area is 174 Å². The molecule has 4 rings (SSSR count). The summed E-state index contributed by atoms with van der Waals surface area (Å²) in [7, 11) is 0. The van der Waals surface area contributed by atoms with Gasteiger partial charge >= 0.3 is 0 Å². The van der Waals surface area contributed by atoms with E-state index in [2.05, 4.69) is 52.7 Å². The first-order chi connectivity index (χ1) is 14.1. The summed E-state index contributed by atoms with van der Waals surface area (Å²) in [6.07, 6.45) is 5.06. The summed E-state index contributed by atoms with van der Waals surface area (Å²) in [5, 5.41) is 2.94. The molecule has 1 unspecified atom stereocenters. The predicted molar refractivity (Wildman–Crippen MR) is 116 cm³/mol. The number of rotatable bonds is 8. The van der Waals surface area contributed by atoms with Gasteiger partial charge in [-0.3, -0.25) is 9.69 Å². The van der Waals surface area contributed by atoms with Crippen molar-refractivity contribution in [3.05, 3.63) is 64.7 Å². The molecule has 1 saturated carbocycles. The average molecular weight is 393 g/mol. The normalized spacial score (nSPS) is 17.4. The maximum atomic E-state index is 11.2. The van der Waals surface area contributed by atoms with Crippen LogP contribution in [0.5, 0.6) is 5.75 Å². The third-order valence-electron chi connectivity index (χ3n) is 6.07. The summed E-state index contributed by atoms with van der Waals surface area (Å²) in [6.45, 7) is 7.44. The predicted octanol–water partition coefficient (Wildman–Crippen LogP) is 4.62. The van der Waals surface area contributed by atoms with Crippen LogP contribution >= 0.6 is 0 Å². The number of nitrogens with zero attached hydrogens (tertiary/aromatic N) is 1. The third kappa shape index (κ3) is 5.60. The van der Waals surface area contributed by atoms with Crippen molar-refractivity contribution in [2.45, 2.75) is 58.7 Å². The summed E-state index contributed by atoms with van der Waals surface area (Å²) < 4.78 is 5.96. The van der Waals surface area contributed by atoms with Crippen molar-refractivity contribution < 1.29 is 9.53 Å². The molecule has 0 spiro atoms. The van der Waals surface area contributed by atoms with Gasteiger partial charge in [-0.1, -0.05) is 43.2 Å². The largest absolute Gasteiger partial charge is 0.494 e. The summed E-state index contributed by atoms with van der Waals surface area (Å²) in [5.74, 6) is 1.95. The molecule has 0 aromatic heterocycles. The Morgan fingerprint density at radius 2 is 1.97 bits per heavy atom. The minimum Gasteiger partial charge on any atom is -0.494 e. The number of benzene rings is 2. The second-order valence-corrected chi connectivity index (χ2v) is 8.64. The van der Waals surface area contributed by atoms with Crippen LogP contribution in [0.25, 0.3) is 0 Å². The lowest BCUT2D eigenvalue weighted by Crippen LogP contribution is -2.30. The zero-order chi connectivity index (χ0) is 20.2. The molecule has 1 atom stereocenters. The van der Waals surface area contributed by atoms with E-state index in [4.69, 9.17) is 4.74 Å². The van der Waals surface area contributed by atoms with Crippen molar-refractivity contribution in [1.82, 2.24) is 10.2 Å². The molecule has 0 saturated heterocycles. The van der Waals surface area contributed by atoms with Crippen molar-refractivity contribution in [2.75, 3.05) is 13.2 Å². The molecule has 29 heavy (non-hydrogen) atoms. The second kappa shape index (κ2) is 9.00. The van der Waals surface area contributed by atoms with Gasteiger partial charge < -0.3 is 10.1 Å². The molecular weight excluding hydrogens is 360 g/mol. The number of amides is 1. The average Bonchev–Trinajstić information content (AvgIpc) is 3.52. The van der Waals surface area contributed by atoms with Crippen LogP contribution in [-0.2, 0) is 24.3 Å². The van der Waals surface area contributed by atoms with Crippen molar-refractivity contribution in [3.8, 4) is 5.75 Å². The van der Waals surface area contributed by atoms with Crippen molar-refractivity contribution in [3.63, 3.8) is 0 Å². The van der Waals surface area contributed by atoms with Gasteiger partial charge in [0, 0.05) is 26.6 Å². The minimum absolute atomic E-state index is 0.00466. The molecule has 1 amide bonds. The second-order valence-electron chi connectivity index (χ2n) is 8.64. The van der Waals surface area contributed by atoms with Gasteiger partial charge in [-0.25, -0.2) is 0 Å². The summed E-state index contributed by atoms with van der Waals surface area (Å²) >= 11 is 0. The molecule has 0 bridgehead atoms. The summed E-state index contributed by atoms with van der Waals surface area (Å²) in [6, 6.07) is 15.3. The van der Waals surface area contributed by atoms with Crippen molar-refractivity contribution in [1.29, 1.82) is 0 Å². The highest BCUT2D eigenvalue weighted by atomic mass is 16.5. The smallest absolute Gasteiger partial charge is 0.217 e. The SMILES string of the molecule is CC(=O)NC(C)c1ccc(CN2CCc3cc(OCCC4CC4)ccc3C2)cc1. The zero-order valence-electron chi connectivity index (χ0n) is 17.6. The Balaban J connectivity index is 1.30. The fraction of sp³-hybridized carbons (Fsp3) is 0.480. The van der Waals surface area contributed by atoms with E-state index in [0.717, 1.165) is 49.9 Å². The van der Waals surface area contributed by atoms with E-state index < -0.39 is 0 Å². The number of carbonyl (C=O) groups is 1. The van der Waals surface area contributed by atoms with Gasteiger partial charge in [-0.05, 0) is 60.1 Å². The lowest BCUT2D eigenvalue weighted by molar-refractivity contribution is -0.119. The molecule has 4 nitrogen and oxygen atoms in total. The Morgan fingerprint density at radius 3 is 2.69 bits per heavy atom. The quantitative estimate of drug-likeness (QED) is 0.713. The maximum Gasteiger partial charge on any atom is 0.217 e. The van der Waals surface area contributed by atoms with Gasteiger partial charge in [0.2, 0.25) is 5.91 Å². The molecule has 2 aromatic rings. The summed E-state index contributed by atoms with van der Waals surface area (Å²) in [5.41, 5.74) is 5.31. The topological polar surface area (TPSA) is 41.6 Å². The van der Waals surface area contributed by atoms with E-state index >= 15 is 0 Å². The van der Waals surface area contributed by atoms with Gasteiger partial charge in [0.25, 0.3) is 0 Å². The van der Waals surface area contributed by atoms with Crippen LogP contribution < -0.4 is 10.1 Å². The lowest BCUT2D eigenvalue weighted by Gasteiger charge is -2.29. The molecule has 1 aliphatic heterocycles. The van der Waals surface area contributed by atoms with Gasteiger partial charge in [-0.15, -0.1) is 0 Å². The van der Waals surface area contributed by atoms with Crippen molar-refractivity contribution in [2.24, 2.45) is 5.92 Å². The standard InChI is InChI=1S/C25H32N2O2/c1-18(26-19(2)28)22-7-5-21(6-8-22)16-27-13-11-23-15-25(10-9-24(23)17-27)29-14-12-20-3-4-20/h5-10,15,18,20H,3-4,11-14,16-17H2,1-2H3,(H,26,28). The highest BCUT2D eigenvalue weighted by Gasteiger charge is 2.21. The first kappa shape index (κ1) is 20.0. The molecule has 1 aliphatic carbocycles. The zero-order valence-corrected chi connectivity index (χ0v) is 17.6. The highest BCUT2D eigenvalue weighted by molar-refractivity contribution is 5.73. The first-order valence-corrected chi connectivity index (χ1v) is 10.9. The van der Waals surface area contributed by atoms with Gasteiger partial charge in [0.1, 0.15) is 5.75 Å². The number of carbonyl (C=O) groups excluding carboxylic acids is 1. The monoisotopic (exact) mass is 392 g/mol. The van der Waals surface area contributed by atoms with Gasteiger partial charge in [0.15, 0.2) is 0 Å². The summed E-state index contributed by atoms with van der Waals surface area (Å²) in [4.78, 5) is 13.7. The molecule has 4 heteroatoms. The van der Waals surface area contributed by atoms with Crippen LogP contribution in [-0.4, -0.2) is 24.0 Å². The van der Waals surface area contributed by atoms with E-state index in [1.165, 1.54) is 36.0 Å². The molecule has 1 heterocycles. The number of fused-ring (bicyclic) bond motifs is 1. The maximum absolute atomic E-state index is 11.2. The van der Waals surface area contributed by atoms with Crippen LogP contribution in [0.15, 0.2) is 42.5 Å². The fourth-order valence-corrected chi connectivity index (χ4v) is 4.12. The van der Waals surface area contributed by atoms with E-state index in [1.54, 1.807) is 6.92 Å². The lowest BCUT2D eigenvalue weighted by atomic mass is 9.98. The van der Waals surface area contributed by atoms with Crippen LogP contribution in [0.3, 0.4) is 0 Å². The van der Waals surface area contributed by atoms with Crippen LogP contribution in [0, 0.1) is 5.92 Å². The Morgan fingerprint density at radius 1 is 1.17 bits per heavy atom. The van der Waals surface area contributed by atoms with E-state index in [1.807, 2.05) is 6.92 Å². The molecule has 154 valence electrons. The van der Waals surface area contributed by atoms with Gasteiger partial charge in [0.05, 0.1) is 12.6 Å². The number of hydrogen-bond acceptors (Lipinski definition) is 3. The van der Waals surface area contributed by atoms with Crippen LogP contribution in [0.2, 0.25) is 0 Å². The van der Waals surface area contributed by atoms with E-state index in [0.29, 0.717) is 0 Å². The molecule has 2 aromatic carbocycles. The first-order valence-electron chi connectivity index (χ1n) is 10.9. The van der Waals surface area contributed by atoms with E-state index in [-0.39, 0.29) is 11.9 Å². The fourth-order valence-electron chi connectivity index (χ4n) is 4.12. The Hall–Kier alpha value is -2.33. The Kier molecular flexibility index (Phi) is 6.19. The molecule has 2 aliphatic rings. The number of nitrogens with one attached hydrogen (secondary N) is 1. The molecule has 0 radical (unpaired) electrons. The van der Waals surface area contributed by atoms with Gasteiger partial charge in [-0.2, -0.15) is 0 Å². The van der Waals surface area contributed by atoms with Crippen LogP contribution in [0.4, 0.5) is 0 Å². The van der Waals surface area contributed by atoms with Crippen molar-refractivity contribution >= 4 is 5.91 Å². The highest BCUT2D eigenvalue weighted by Crippen LogP contribution is 2.32. The third-order valence-corrected chi connectivity index (χ3v) is 6.07. The Bertz CT molecular complexity index is 842. The number of hydrogen-bond donors (Lipinski definition) is 1.